The first kappa shape index (κ1) is 13.8. The molecule has 0 atom stereocenters. The lowest BCUT2D eigenvalue weighted by Gasteiger charge is -2.15. The number of nitrogen functional groups attached to an aromatic ring is 1. The highest BCUT2D eigenvalue weighted by molar-refractivity contribution is 5.93. The van der Waals surface area contributed by atoms with Crippen LogP contribution >= 0.6 is 0 Å². The zero-order valence-corrected chi connectivity index (χ0v) is 10.2. The molecule has 0 aliphatic rings. The fraction of sp³-hybridized carbons (Fsp3) is 0.231. The number of carboxylic acids is 1. The molecule has 1 aromatic rings. The maximum atomic E-state index is 11.7. The van der Waals surface area contributed by atoms with Crippen molar-refractivity contribution in [3.8, 4) is 0 Å². The van der Waals surface area contributed by atoms with Gasteiger partial charge in [-0.05, 0) is 30.7 Å². The predicted molar refractivity (Wildman–Crippen MR) is 69.8 cm³/mol. The van der Waals surface area contributed by atoms with Crippen molar-refractivity contribution in [2.24, 2.45) is 0 Å². The minimum Gasteiger partial charge on any atom is -0.480 e. The zero-order valence-electron chi connectivity index (χ0n) is 10.2. The molecule has 1 amide bonds. The summed E-state index contributed by atoms with van der Waals surface area (Å²) in [6.45, 7) is 1.80. The highest BCUT2D eigenvalue weighted by Gasteiger charge is 2.11. The van der Waals surface area contributed by atoms with Crippen LogP contribution in [-0.4, -0.2) is 35.0 Å². The summed E-state index contributed by atoms with van der Waals surface area (Å²) in [5.41, 5.74) is 7.03. The molecule has 96 valence electrons. The molecule has 0 spiro atoms. The third-order valence-electron chi connectivity index (χ3n) is 2.37. The van der Waals surface area contributed by atoms with E-state index in [1.165, 1.54) is 11.0 Å². The number of nitrogens with two attached hydrogens (primary N) is 1. The molecule has 1 aromatic carbocycles. The average Bonchev–Trinajstić information content (AvgIpc) is 2.34. The molecule has 5 nitrogen and oxygen atoms in total. The number of aliphatic carboxylic acids is 1. The Morgan fingerprint density at radius 2 is 1.94 bits per heavy atom. The first-order valence-corrected chi connectivity index (χ1v) is 5.57. The maximum Gasteiger partial charge on any atom is 0.323 e. The Hall–Kier alpha value is -2.30. The lowest BCUT2D eigenvalue weighted by atomic mass is 10.2. The first-order valence-electron chi connectivity index (χ1n) is 5.57. The van der Waals surface area contributed by atoms with Crippen LogP contribution < -0.4 is 5.73 Å². The van der Waals surface area contributed by atoms with Gasteiger partial charge in [-0.25, -0.2) is 0 Å². The van der Waals surface area contributed by atoms with Crippen molar-refractivity contribution in [2.45, 2.75) is 6.92 Å². The van der Waals surface area contributed by atoms with Crippen molar-refractivity contribution in [1.82, 2.24) is 4.90 Å². The molecular formula is C13H16N2O3. The van der Waals surface area contributed by atoms with Gasteiger partial charge in [0, 0.05) is 18.3 Å². The van der Waals surface area contributed by atoms with E-state index in [1.54, 1.807) is 37.3 Å². The second-order valence-corrected chi connectivity index (χ2v) is 3.75. The van der Waals surface area contributed by atoms with Gasteiger partial charge >= 0.3 is 5.97 Å². The average molecular weight is 248 g/mol. The van der Waals surface area contributed by atoms with Gasteiger partial charge < -0.3 is 15.7 Å². The smallest absolute Gasteiger partial charge is 0.323 e. The summed E-state index contributed by atoms with van der Waals surface area (Å²) >= 11 is 0. The van der Waals surface area contributed by atoms with E-state index in [4.69, 9.17) is 10.8 Å². The summed E-state index contributed by atoms with van der Waals surface area (Å²) in [7, 11) is 0. The van der Waals surface area contributed by atoms with E-state index in [9.17, 15) is 9.59 Å². The lowest BCUT2D eigenvalue weighted by Crippen LogP contribution is -2.34. The van der Waals surface area contributed by atoms with Crippen LogP contribution in [0.15, 0.2) is 30.3 Å². The van der Waals surface area contributed by atoms with Crippen LogP contribution in [0.4, 0.5) is 5.69 Å². The summed E-state index contributed by atoms with van der Waals surface area (Å²) in [6.07, 6.45) is 2.99. The van der Waals surface area contributed by atoms with Crippen molar-refractivity contribution in [1.29, 1.82) is 0 Å². The van der Waals surface area contributed by atoms with Gasteiger partial charge in [0.05, 0.1) is 0 Å². The van der Waals surface area contributed by atoms with E-state index in [1.807, 2.05) is 0 Å². The topological polar surface area (TPSA) is 83.6 Å². The number of carboxylic acid groups (broad SMARTS) is 1. The maximum absolute atomic E-state index is 11.7. The number of benzene rings is 1. The number of rotatable bonds is 5. The minimum atomic E-state index is -1.02. The molecule has 0 saturated carbocycles. The van der Waals surface area contributed by atoms with E-state index in [-0.39, 0.29) is 12.5 Å². The molecule has 18 heavy (non-hydrogen) atoms. The van der Waals surface area contributed by atoms with Gasteiger partial charge in [-0.15, -0.1) is 0 Å². The number of amides is 1. The van der Waals surface area contributed by atoms with Crippen LogP contribution in [0.5, 0.6) is 0 Å². The molecule has 0 fully saturated rings. The number of hydrogen-bond donors (Lipinski definition) is 2. The molecule has 0 aromatic heterocycles. The molecule has 0 radical (unpaired) electrons. The Morgan fingerprint density at radius 1 is 1.33 bits per heavy atom. The van der Waals surface area contributed by atoms with Crippen LogP contribution in [-0.2, 0) is 9.59 Å². The Labute approximate surface area is 106 Å². The number of nitrogens with zero attached hydrogens (tertiary/aromatic N) is 1. The Morgan fingerprint density at radius 3 is 2.44 bits per heavy atom. The van der Waals surface area contributed by atoms with Crippen molar-refractivity contribution < 1.29 is 14.7 Å². The molecule has 0 heterocycles. The number of carbonyl (C=O) groups excluding carboxylic acids is 1. The Balaban J connectivity index is 2.67. The zero-order chi connectivity index (χ0) is 13.5. The monoisotopic (exact) mass is 248 g/mol. The summed E-state index contributed by atoms with van der Waals surface area (Å²) in [5, 5.41) is 8.65. The largest absolute Gasteiger partial charge is 0.480 e. The molecule has 0 unspecified atom stereocenters. The van der Waals surface area contributed by atoms with Crippen LogP contribution in [0.3, 0.4) is 0 Å². The van der Waals surface area contributed by atoms with E-state index >= 15 is 0 Å². The number of likely N-dealkylation sites (N-methyl/N-ethyl adjacent to an activating group) is 1. The van der Waals surface area contributed by atoms with Gasteiger partial charge in [0.1, 0.15) is 6.54 Å². The molecule has 0 saturated heterocycles. The van der Waals surface area contributed by atoms with E-state index < -0.39 is 5.97 Å². The molecule has 5 heteroatoms. The normalized spacial score (nSPS) is 10.5. The Bertz CT molecular complexity index is 452. The fourth-order valence-corrected chi connectivity index (χ4v) is 1.39. The lowest BCUT2D eigenvalue weighted by molar-refractivity contribution is -0.142. The van der Waals surface area contributed by atoms with Crippen LogP contribution in [0.2, 0.25) is 0 Å². The second-order valence-electron chi connectivity index (χ2n) is 3.75. The molecular weight excluding hydrogens is 232 g/mol. The van der Waals surface area contributed by atoms with E-state index in [0.29, 0.717) is 12.2 Å². The van der Waals surface area contributed by atoms with Gasteiger partial charge in [-0.2, -0.15) is 0 Å². The second kappa shape index (κ2) is 6.44. The van der Waals surface area contributed by atoms with E-state index in [0.717, 1.165) is 5.56 Å². The highest BCUT2D eigenvalue weighted by atomic mass is 16.4. The molecule has 0 bridgehead atoms. The summed E-state index contributed by atoms with van der Waals surface area (Å²) in [6, 6.07) is 7.04. The standard InChI is InChI=1S/C13H16N2O3/c1-2-15(9-13(17)18)12(16)8-5-10-3-6-11(14)7-4-10/h3-8H,2,9,14H2,1H3,(H,17,18)/b8-5+. The summed E-state index contributed by atoms with van der Waals surface area (Å²) < 4.78 is 0. The summed E-state index contributed by atoms with van der Waals surface area (Å²) in [4.78, 5) is 23.5. The molecule has 1 rings (SSSR count). The highest BCUT2D eigenvalue weighted by Crippen LogP contribution is 2.07. The first-order chi connectivity index (χ1) is 8.52. The molecule has 0 aliphatic carbocycles. The van der Waals surface area contributed by atoms with Gasteiger partial charge in [-0.3, -0.25) is 9.59 Å². The van der Waals surface area contributed by atoms with Gasteiger partial charge in [0.25, 0.3) is 0 Å². The van der Waals surface area contributed by atoms with Gasteiger partial charge in [0.2, 0.25) is 5.91 Å². The van der Waals surface area contributed by atoms with Gasteiger partial charge in [-0.1, -0.05) is 12.1 Å². The third-order valence-corrected chi connectivity index (χ3v) is 2.37. The number of hydrogen-bond acceptors (Lipinski definition) is 3. The Kier molecular flexibility index (Phi) is 4.92. The van der Waals surface area contributed by atoms with E-state index in [2.05, 4.69) is 0 Å². The summed E-state index contributed by atoms with van der Waals surface area (Å²) in [5.74, 6) is -1.34. The van der Waals surface area contributed by atoms with Crippen molar-refractivity contribution in [3.05, 3.63) is 35.9 Å². The van der Waals surface area contributed by atoms with Crippen LogP contribution in [0, 0.1) is 0 Å². The minimum absolute atomic E-state index is 0.290. The van der Waals surface area contributed by atoms with Gasteiger partial charge in [0.15, 0.2) is 0 Å². The van der Waals surface area contributed by atoms with Crippen molar-refractivity contribution in [3.63, 3.8) is 0 Å². The predicted octanol–water partition coefficient (Wildman–Crippen LogP) is 1.22. The third kappa shape index (κ3) is 4.29. The van der Waals surface area contributed by atoms with Crippen LogP contribution in [0.1, 0.15) is 12.5 Å². The van der Waals surface area contributed by atoms with Crippen molar-refractivity contribution in [2.75, 3.05) is 18.8 Å². The van der Waals surface area contributed by atoms with Crippen LogP contribution in [0.25, 0.3) is 6.08 Å². The number of anilines is 1. The number of carbonyl (C=O) groups is 2. The SMILES string of the molecule is CCN(CC(=O)O)C(=O)/C=C/c1ccc(N)cc1. The van der Waals surface area contributed by atoms with Crippen molar-refractivity contribution >= 4 is 23.6 Å². The molecule has 3 N–H and O–H groups in total. The fourth-order valence-electron chi connectivity index (χ4n) is 1.39. The molecule has 0 aliphatic heterocycles. The quantitative estimate of drug-likeness (QED) is 0.606.